The van der Waals surface area contributed by atoms with Crippen LogP contribution < -0.4 is 4.74 Å². The molecule has 0 radical (unpaired) electrons. The van der Waals surface area contributed by atoms with E-state index in [9.17, 15) is 0 Å². The van der Waals surface area contributed by atoms with Gasteiger partial charge in [0.15, 0.2) is 11.0 Å². The Kier molecular flexibility index (Phi) is 6.74. The van der Waals surface area contributed by atoms with E-state index in [4.69, 9.17) is 4.74 Å². The summed E-state index contributed by atoms with van der Waals surface area (Å²) in [7, 11) is 1.70. The van der Waals surface area contributed by atoms with Crippen LogP contribution in [0, 0.1) is 0 Å². The highest BCUT2D eigenvalue weighted by atomic mass is 32.2. The molecule has 0 spiro atoms. The standard InChI is InChI=1S/C20H25N3OS2/c1-4-7-18-12-16(14-25-18)19-21-22-20(23(19)10-5-2)26-13-15-8-6-9-17(11-15)24-3/h6,8-9,11-12,14H,4-5,7,10,13H2,1-3H3. The predicted octanol–water partition coefficient (Wildman–Crippen LogP) is 5.67. The molecule has 4 nitrogen and oxygen atoms in total. The summed E-state index contributed by atoms with van der Waals surface area (Å²) in [6.07, 6.45) is 3.36. The Morgan fingerprint density at radius 3 is 2.81 bits per heavy atom. The van der Waals surface area contributed by atoms with Crippen molar-refractivity contribution in [3.63, 3.8) is 0 Å². The minimum Gasteiger partial charge on any atom is -0.497 e. The topological polar surface area (TPSA) is 39.9 Å². The monoisotopic (exact) mass is 387 g/mol. The zero-order valence-corrected chi connectivity index (χ0v) is 17.2. The van der Waals surface area contributed by atoms with Crippen molar-refractivity contribution in [2.45, 2.75) is 50.6 Å². The second kappa shape index (κ2) is 9.24. The Balaban J connectivity index is 1.79. The van der Waals surface area contributed by atoms with Gasteiger partial charge in [0, 0.05) is 28.1 Å². The summed E-state index contributed by atoms with van der Waals surface area (Å²) in [4.78, 5) is 1.42. The quantitative estimate of drug-likeness (QED) is 0.444. The van der Waals surface area contributed by atoms with Gasteiger partial charge < -0.3 is 9.30 Å². The molecule has 0 fully saturated rings. The molecule has 6 heteroatoms. The number of benzene rings is 1. The fourth-order valence-corrected chi connectivity index (χ4v) is 4.70. The number of hydrogen-bond acceptors (Lipinski definition) is 5. The van der Waals surface area contributed by atoms with Gasteiger partial charge in [-0.25, -0.2) is 0 Å². The Morgan fingerprint density at radius 2 is 2.04 bits per heavy atom. The lowest BCUT2D eigenvalue weighted by atomic mass is 10.2. The largest absolute Gasteiger partial charge is 0.497 e. The fourth-order valence-electron chi connectivity index (χ4n) is 2.82. The normalized spacial score (nSPS) is 11.0. The van der Waals surface area contributed by atoms with Gasteiger partial charge in [0.2, 0.25) is 0 Å². The van der Waals surface area contributed by atoms with Crippen LogP contribution in [0.25, 0.3) is 11.4 Å². The first kappa shape index (κ1) is 19.0. The van der Waals surface area contributed by atoms with E-state index in [2.05, 4.69) is 52.2 Å². The molecule has 0 aliphatic heterocycles. The molecule has 0 atom stereocenters. The van der Waals surface area contributed by atoms with E-state index in [1.807, 2.05) is 23.5 Å². The average molecular weight is 388 g/mol. The summed E-state index contributed by atoms with van der Waals surface area (Å²) in [6.45, 7) is 5.34. The molecule has 1 aromatic carbocycles. The molecule has 26 heavy (non-hydrogen) atoms. The molecule has 0 aliphatic carbocycles. The van der Waals surface area contributed by atoms with Crippen molar-refractivity contribution < 1.29 is 4.74 Å². The van der Waals surface area contributed by atoms with E-state index in [1.54, 1.807) is 18.9 Å². The maximum Gasteiger partial charge on any atom is 0.191 e. The number of thiophene rings is 1. The van der Waals surface area contributed by atoms with E-state index < -0.39 is 0 Å². The first-order valence-corrected chi connectivity index (χ1v) is 10.9. The first-order chi connectivity index (χ1) is 12.7. The number of thioether (sulfide) groups is 1. The molecule has 138 valence electrons. The highest BCUT2D eigenvalue weighted by Crippen LogP contribution is 2.30. The van der Waals surface area contributed by atoms with E-state index in [0.717, 1.165) is 41.9 Å². The van der Waals surface area contributed by atoms with Crippen molar-refractivity contribution in [3.8, 4) is 17.1 Å². The molecule has 0 N–H and O–H groups in total. The summed E-state index contributed by atoms with van der Waals surface area (Å²) in [6, 6.07) is 10.5. The molecule has 0 amide bonds. The molecule has 3 rings (SSSR count). The van der Waals surface area contributed by atoms with Gasteiger partial charge >= 0.3 is 0 Å². The second-order valence-electron chi connectivity index (χ2n) is 6.15. The van der Waals surface area contributed by atoms with Gasteiger partial charge in [-0.15, -0.1) is 21.5 Å². The van der Waals surface area contributed by atoms with Gasteiger partial charge in [0.1, 0.15) is 5.75 Å². The molecular weight excluding hydrogens is 362 g/mol. The Bertz CT molecular complexity index is 841. The van der Waals surface area contributed by atoms with Crippen molar-refractivity contribution in [2.75, 3.05) is 7.11 Å². The second-order valence-corrected chi connectivity index (χ2v) is 8.09. The van der Waals surface area contributed by atoms with Gasteiger partial charge in [-0.2, -0.15) is 0 Å². The van der Waals surface area contributed by atoms with E-state index >= 15 is 0 Å². The van der Waals surface area contributed by atoms with Crippen LogP contribution in [0.5, 0.6) is 5.75 Å². The van der Waals surface area contributed by atoms with Gasteiger partial charge in [-0.05, 0) is 36.6 Å². The lowest BCUT2D eigenvalue weighted by Gasteiger charge is -2.08. The zero-order chi connectivity index (χ0) is 18.4. The highest BCUT2D eigenvalue weighted by Gasteiger charge is 2.15. The Labute approximate surface area is 163 Å². The van der Waals surface area contributed by atoms with Crippen LogP contribution in [0.4, 0.5) is 0 Å². The Morgan fingerprint density at radius 1 is 1.15 bits per heavy atom. The molecule has 0 bridgehead atoms. The van der Waals surface area contributed by atoms with Gasteiger partial charge in [-0.1, -0.05) is 44.2 Å². The summed E-state index contributed by atoms with van der Waals surface area (Å²) in [5.74, 6) is 2.73. The van der Waals surface area contributed by atoms with Crippen molar-refractivity contribution in [3.05, 3.63) is 46.2 Å². The van der Waals surface area contributed by atoms with Gasteiger partial charge in [0.25, 0.3) is 0 Å². The smallest absolute Gasteiger partial charge is 0.191 e. The lowest BCUT2D eigenvalue weighted by molar-refractivity contribution is 0.414. The third-order valence-corrected chi connectivity index (χ3v) is 6.11. The number of nitrogens with zero attached hydrogens (tertiary/aromatic N) is 3. The molecule has 0 saturated carbocycles. The van der Waals surface area contributed by atoms with Crippen molar-refractivity contribution in [2.24, 2.45) is 0 Å². The van der Waals surface area contributed by atoms with Crippen LogP contribution in [0.3, 0.4) is 0 Å². The van der Waals surface area contributed by atoms with E-state index in [1.165, 1.54) is 22.4 Å². The zero-order valence-electron chi connectivity index (χ0n) is 15.6. The first-order valence-electron chi connectivity index (χ1n) is 9.01. The number of aryl methyl sites for hydroxylation is 1. The summed E-state index contributed by atoms with van der Waals surface area (Å²) in [5, 5.41) is 12.2. The van der Waals surface area contributed by atoms with Gasteiger partial charge in [-0.3, -0.25) is 0 Å². The molecule has 2 aromatic heterocycles. The van der Waals surface area contributed by atoms with Crippen LogP contribution in [0.15, 0.2) is 40.9 Å². The number of aromatic nitrogens is 3. The third-order valence-electron chi connectivity index (χ3n) is 4.07. The number of hydrogen-bond donors (Lipinski definition) is 0. The van der Waals surface area contributed by atoms with Crippen LogP contribution in [-0.2, 0) is 18.7 Å². The Hall–Kier alpha value is -1.79. The van der Waals surface area contributed by atoms with Crippen molar-refractivity contribution >= 4 is 23.1 Å². The van der Waals surface area contributed by atoms with Crippen LogP contribution in [-0.4, -0.2) is 21.9 Å². The molecule has 0 saturated heterocycles. The maximum absolute atomic E-state index is 5.31. The molecule has 2 heterocycles. The molecule has 0 aliphatic rings. The van der Waals surface area contributed by atoms with Crippen LogP contribution in [0.2, 0.25) is 0 Å². The highest BCUT2D eigenvalue weighted by molar-refractivity contribution is 7.98. The predicted molar refractivity (Wildman–Crippen MR) is 110 cm³/mol. The summed E-state index contributed by atoms with van der Waals surface area (Å²) >= 11 is 3.55. The van der Waals surface area contributed by atoms with Gasteiger partial charge in [0.05, 0.1) is 7.11 Å². The summed E-state index contributed by atoms with van der Waals surface area (Å²) in [5.41, 5.74) is 2.41. The summed E-state index contributed by atoms with van der Waals surface area (Å²) < 4.78 is 7.56. The number of ether oxygens (including phenoxy) is 1. The van der Waals surface area contributed by atoms with Crippen molar-refractivity contribution in [1.82, 2.24) is 14.8 Å². The minimum atomic E-state index is 0.851. The SMILES string of the molecule is CCCc1cc(-c2nnc(SCc3cccc(OC)c3)n2CCC)cs1. The third kappa shape index (κ3) is 4.48. The fraction of sp³-hybridized carbons (Fsp3) is 0.400. The molecular formula is C20H25N3OS2. The number of rotatable bonds is 9. The molecule has 3 aromatic rings. The average Bonchev–Trinajstić information content (AvgIpc) is 3.28. The minimum absolute atomic E-state index is 0.851. The van der Waals surface area contributed by atoms with Crippen molar-refractivity contribution in [1.29, 1.82) is 0 Å². The number of methoxy groups -OCH3 is 1. The van der Waals surface area contributed by atoms with E-state index in [-0.39, 0.29) is 0 Å². The molecule has 0 unspecified atom stereocenters. The van der Waals surface area contributed by atoms with Crippen LogP contribution >= 0.6 is 23.1 Å². The lowest BCUT2D eigenvalue weighted by Crippen LogP contribution is -2.01. The van der Waals surface area contributed by atoms with E-state index in [0.29, 0.717) is 0 Å². The van der Waals surface area contributed by atoms with Crippen LogP contribution in [0.1, 0.15) is 37.1 Å². The maximum atomic E-state index is 5.31.